The molecule has 0 aliphatic heterocycles. The van der Waals surface area contributed by atoms with E-state index in [-0.39, 0.29) is 0 Å². The van der Waals surface area contributed by atoms with Crippen LogP contribution >= 0.6 is 22.7 Å². The molecule has 0 atom stereocenters. The van der Waals surface area contributed by atoms with Crippen molar-refractivity contribution >= 4 is 90.9 Å². The van der Waals surface area contributed by atoms with E-state index >= 15 is 0 Å². The molecule has 11 aromatic rings. The second-order valence-electron chi connectivity index (χ2n) is 14.1. The maximum atomic E-state index is 2.41. The minimum absolute atomic E-state index is 1.11. The molecule has 0 fully saturated rings. The molecule has 0 spiro atoms. The van der Waals surface area contributed by atoms with Crippen LogP contribution in [0.1, 0.15) is 0 Å². The molecule has 2 aromatic heterocycles. The van der Waals surface area contributed by atoms with Crippen LogP contribution < -0.4 is 4.90 Å². The van der Waals surface area contributed by atoms with Crippen LogP contribution in [0.15, 0.2) is 200 Å². The number of anilines is 3. The van der Waals surface area contributed by atoms with E-state index in [1.54, 1.807) is 0 Å². The first-order chi connectivity index (χ1) is 27.2. The van der Waals surface area contributed by atoms with Crippen LogP contribution in [0.4, 0.5) is 17.1 Å². The van der Waals surface area contributed by atoms with Gasteiger partial charge in [-0.05, 0) is 98.8 Å². The highest BCUT2D eigenvalue weighted by Gasteiger charge is 2.18. The van der Waals surface area contributed by atoms with Crippen LogP contribution in [0, 0.1) is 0 Å². The summed E-state index contributed by atoms with van der Waals surface area (Å²) in [6.45, 7) is 0. The molecule has 11 rings (SSSR count). The van der Waals surface area contributed by atoms with Crippen molar-refractivity contribution in [1.29, 1.82) is 0 Å². The normalized spacial score (nSPS) is 11.6. The molecule has 0 saturated carbocycles. The van der Waals surface area contributed by atoms with Gasteiger partial charge in [0.15, 0.2) is 0 Å². The third-order valence-electron chi connectivity index (χ3n) is 10.8. The van der Waals surface area contributed by atoms with E-state index in [1.165, 1.54) is 84.5 Å². The lowest BCUT2D eigenvalue weighted by Crippen LogP contribution is -2.10. The lowest BCUT2D eigenvalue weighted by atomic mass is 9.99. The largest absolute Gasteiger partial charge is 0.310 e. The summed E-state index contributed by atoms with van der Waals surface area (Å²) in [5, 5.41) is 7.77. The Morgan fingerprint density at radius 1 is 0.291 bits per heavy atom. The molecule has 0 saturated heterocycles. The van der Waals surface area contributed by atoms with Crippen LogP contribution in [0.2, 0.25) is 0 Å². The molecule has 0 amide bonds. The number of hydrogen-bond acceptors (Lipinski definition) is 3. The van der Waals surface area contributed by atoms with E-state index in [0.717, 1.165) is 17.1 Å². The second kappa shape index (κ2) is 13.1. The number of benzene rings is 9. The topological polar surface area (TPSA) is 3.24 Å². The average molecular weight is 736 g/mol. The molecule has 258 valence electrons. The molecule has 1 nitrogen and oxygen atoms in total. The van der Waals surface area contributed by atoms with Crippen LogP contribution in [0.25, 0.3) is 84.5 Å². The predicted octanol–water partition coefficient (Wildman–Crippen LogP) is 16.0. The van der Waals surface area contributed by atoms with E-state index in [0.29, 0.717) is 0 Å². The van der Waals surface area contributed by atoms with Crippen molar-refractivity contribution in [1.82, 2.24) is 0 Å². The van der Waals surface area contributed by atoms with E-state index in [1.807, 2.05) is 22.7 Å². The van der Waals surface area contributed by atoms with E-state index in [2.05, 4.69) is 205 Å². The zero-order valence-electron chi connectivity index (χ0n) is 29.8. The third-order valence-corrected chi connectivity index (χ3v) is 13.3. The fourth-order valence-corrected chi connectivity index (χ4v) is 10.7. The molecule has 0 bridgehead atoms. The molecule has 9 aromatic carbocycles. The Balaban J connectivity index is 1.06. The van der Waals surface area contributed by atoms with Gasteiger partial charge in [0.1, 0.15) is 0 Å². The third kappa shape index (κ3) is 5.51. The lowest BCUT2D eigenvalue weighted by molar-refractivity contribution is 1.28. The maximum Gasteiger partial charge on any atom is 0.0467 e. The zero-order valence-corrected chi connectivity index (χ0v) is 31.4. The van der Waals surface area contributed by atoms with Gasteiger partial charge in [0.2, 0.25) is 0 Å². The van der Waals surface area contributed by atoms with Gasteiger partial charge in [0.25, 0.3) is 0 Å². The molecular weight excluding hydrogens is 703 g/mol. The Labute approximate surface area is 327 Å². The van der Waals surface area contributed by atoms with Gasteiger partial charge >= 0.3 is 0 Å². The number of thiophene rings is 2. The Hall–Kier alpha value is -6.52. The van der Waals surface area contributed by atoms with Crippen LogP contribution in [0.5, 0.6) is 0 Å². The summed E-state index contributed by atoms with van der Waals surface area (Å²) in [6.07, 6.45) is 0. The van der Waals surface area contributed by atoms with Gasteiger partial charge in [0, 0.05) is 57.4 Å². The summed E-state index contributed by atoms with van der Waals surface area (Å²) in [5.74, 6) is 0. The Bertz CT molecular complexity index is 3060. The first-order valence-corrected chi connectivity index (χ1v) is 20.3. The predicted molar refractivity (Wildman–Crippen MR) is 241 cm³/mol. The highest BCUT2D eigenvalue weighted by atomic mass is 32.1. The summed E-state index contributed by atoms with van der Waals surface area (Å²) in [6, 6.07) is 73.4. The SMILES string of the molecule is c1cc(-c2cccc3c2sc2ccccc23)cc(N(c2ccc(-c3ccc4ccccc4c3)cc2)c2cccc(-c3cccc4c3sc3ccccc34)c2)c1. The molecule has 0 N–H and O–H groups in total. The number of fused-ring (bicyclic) bond motifs is 7. The van der Waals surface area contributed by atoms with Crippen LogP contribution in [0.3, 0.4) is 0 Å². The van der Waals surface area contributed by atoms with Crippen molar-refractivity contribution in [3.63, 3.8) is 0 Å². The van der Waals surface area contributed by atoms with E-state index < -0.39 is 0 Å². The Morgan fingerprint density at radius 3 is 1.38 bits per heavy atom. The molecule has 0 aliphatic rings. The van der Waals surface area contributed by atoms with E-state index in [4.69, 9.17) is 0 Å². The van der Waals surface area contributed by atoms with Gasteiger partial charge in [-0.1, -0.05) is 146 Å². The minimum atomic E-state index is 1.11. The van der Waals surface area contributed by atoms with Crippen molar-refractivity contribution < 1.29 is 0 Å². The fraction of sp³-hybridized carbons (Fsp3) is 0. The number of nitrogens with zero attached hydrogens (tertiary/aromatic N) is 1. The van der Waals surface area contributed by atoms with Gasteiger partial charge in [-0.3, -0.25) is 0 Å². The quantitative estimate of drug-likeness (QED) is 0.164. The van der Waals surface area contributed by atoms with Crippen LogP contribution in [-0.4, -0.2) is 0 Å². The number of rotatable bonds is 6. The minimum Gasteiger partial charge on any atom is -0.310 e. The molecule has 0 unspecified atom stereocenters. The van der Waals surface area contributed by atoms with Gasteiger partial charge in [-0.25, -0.2) is 0 Å². The first-order valence-electron chi connectivity index (χ1n) is 18.7. The summed E-state index contributed by atoms with van der Waals surface area (Å²) < 4.78 is 5.29. The standard InChI is InChI=1S/C52H33NS2/c1-2-12-36-31-37(26-25-34(36)11-1)35-27-29-40(30-28-35)53(41-15-7-13-38(32-41)43-19-9-21-47-45-17-3-5-23-49(45)54-51(43)47)42-16-8-14-39(33-42)44-20-10-22-48-46-18-4-6-24-50(46)55-52(44)48/h1-33H. The summed E-state index contributed by atoms with van der Waals surface area (Å²) in [7, 11) is 0. The van der Waals surface area contributed by atoms with Gasteiger partial charge in [-0.2, -0.15) is 0 Å². The highest BCUT2D eigenvalue weighted by Crippen LogP contribution is 2.45. The monoisotopic (exact) mass is 735 g/mol. The summed E-state index contributed by atoms with van der Waals surface area (Å²) in [4.78, 5) is 2.41. The highest BCUT2D eigenvalue weighted by molar-refractivity contribution is 7.26. The fourth-order valence-electron chi connectivity index (χ4n) is 8.19. The molecule has 3 heteroatoms. The van der Waals surface area contributed by atoms with Crippen molar-refractivity contribution in [2.75, 3.05) is 4.90 Å². The molecule has 2 heterocycles. The van der Waals surface area contributed by atoms with Gasteiger partial charge in [-0.15, -0.1) is 22.7 Å². The zero-order chi connectivity index (χ0) is 36.3. The van der Waals surface area contributed by atoms with Crippen molar-refractivity contribution in [2.45, 2.75) is 0 Å². The van der Waals surface area contributed by atoms with Crippen molar-refractivity contribution in [3.05, 3.63) is 200 Å². The van der Waals surface area contributed by atoms with Crippen LogP contribution in [-0.2, 0) is 0 Å². The maximum absolute atomic E-state index is 2.41. The molecule has 55 heavy (non-hydrogen) atoms. The second-order valence-corrected chi connectivity index (χ2v) is 16.2. The smallest absolute Gasteiger partial charge is 0.0467 e. The van der Waals surface area contributed by atoms with Gasteiger partial charge < -0.3 is 4.90 Å². The Kier molecular flexibility index (Phi) is 7.61. The summed E-state index contributed by atoms with van der Waals surface area (Å²) in [5.41, 5.74) is 10.7. The van der Waals surface area contributed by atoms with E-state index in [9.17, 15) is 0 Å². The molecule has 0 aliphatic carbocycles. The van der Waals surface area contributed by atoms with Gasteiger partial charge in [0.05, 0.1) is 0 Å². The Morgan fingerprint density at radius 2 is 0.782 bits per heavy atom. The number of hydrogen-bond donors (Lipinski definition) is 0. The first kappa shape index (κ1) is 32.0. The van der Waals surface area contributed by atoms with Crippen molar-refractivity contribution in [2.24, 2.45) is 0 Å². The van der Waals surface area contributed by atoms with Crippen molar-refractivity contribution in [3.8, 4) is 33.4 Å². The average Bonchev–Trinajstić information content (AvgIpc) is 3.83. The molecule has 0 radical (unpaired) electrons. The lowest BCUT2D eigenvalue weighted by Gasteiger charge is -2.27. The molecular formula is C52H33NS2. The summed E-state index contributed by atoms with van der Waals surface area (Å²) >= 11 is 3.76.